The van der Waals surface area contributed by atoms with Crippen LogP contribution < -0.4 is 11.1 Å². The maximum Gasteiger partial charge on any atom is 0.252 e. The Morgan fingerprint density at radius 3 is 2.58 bits per heavy atom. The summed E-state index contributed by atoms with van der Waals surface area (Å²) in [6.07, 6.45) is 6.41. The maximum absolute atomic E-state index is 12.8. The van der Waals surface area contributed by atoms with Gasteiger partial charge in [0.05, 0.1) is 0 Å². The Labute approximate surface area is 143 Å². The van der Waals surface area contributed by atoms with Crippen molar-refractivity contribution < 1.29 is 4.79 Å². The zero-order valence-electron chi connectivity index (χ0n) is 14.0. The Hall–Kier alpha value is -2.07. The predicted molar refractivity (Wildman–Crippen MR) is 98.1 cm³/mol. The van der Waals surface area contributed by atoms with Crippen molar-refractivity contribution in [2.45, 2.75) is 44.2 Å². The van der Waals surface area contributed by atoms with Gasteiger partial charge in [-0.1, -0.05) is 37.1 Å². The molecule has 0 aromatic heterocycles. The number of carbonyl (C=O) groups excluding carboxylic acids is 1. The van der Waals surface area contributed by atoms with E-state index in [1.165, 1.54) is 25.7 Å². The van der Waals surface area contributed by atoms with Gasteiger partial charge in [0.1, 0.15) is 0 Å². The van der Waals surface area contributed by atoms with Gasteiger partial charge in [0.15, 0.2) is 0 Å². The molecule has 24 heavy (non-hydrogen) atoms. The number of benzene rings is 2. The summed E-state index contributed by atoms with van der Waals surface area (Å²) < 4.78 is 0. The zero-order chi connectivity index (χ0) is 16.5. The minimum absolute atomic E-state index is 0.0180. The molecular formula is C20H25N3O. The number of carbonyl (C=O) groups is 1. The Morgan fingerprint density at radius 1 is 1.04 bits per heavy atom. The number of likely N-dealkylation sites (tertiary alicyclic amines) is 1. The van der Waals surface area contributed by atoms with Crippen LogP contribution in [0.1, 0.15) is 42.5 Å². The van der Waals surface area contributed by atoms with Crippen molar-refractivity contribution in [1.29, 1.82) is 0 Å². The van der Waals surface area contributed by atoms with E-state index in [9.17, 15) is 4.79 Å². The fraction of sp³-hybridized carbons (Fsp3) is 0.450. The molecule has 0 radical (unpaired) electrons. The molecule has 2 fully saturated rings. The number of nitrogens with zero attached hydrogens (tertiary/aromatic N) is 1. The third-order valence-electron chi connectivity index (χ3n) is 5.60. The third kappa shape index (κ3) is 2.86. The van der Waals surface area contributed by atoms with E-state index in [1.54, 1.807) is 0 Å². The van der Waals surface area contributed by atoms with E-state index in [0.29, 0.717) is 0 Å². The molecule has 1 heterocycles. The quantitative estimate of drug-likeness (QED) is 0.853. The summed E-state index contributed by atoms with van der Waals surface area (Å²) in [4.78, 5) is 15.4. The van der Waals surface area contributed by atoms with Crippen molar-refractivity contribution in [1.82, 2.24) is 10.2 Å². The molecule has 1 saturated heterocycles. The summed E-state index contributed by atoms with van der Waals surface area (Å²) in [6.45, 7) is 2.10. The maximum atomic E-state index is 12.8. The van der Waals surface area contributed by atoms with Crippen molar-refractivity contribution in [2.75, 3.05) is 18.8 Å². The molecular weight excluding hydrogens is 298 g/mol. The number of nitrogens with two attached hydrogens (primary N) is 1. The molecule has 1 saturated carbocycles. The molecule has 1 aliphatic heterocycles. The number of fused-ring (bicyclic) bond motifs is 1. The highest BCUT2D eigenvalue weighted by Gasteiger charge is 2.30. The highest BCUT2D eigenvalue weighted by atomic mass is 16.1. The van der Waals surface area contributed by atoms with Gasteiger partial charge >= 0.3 is 0 Å². The summed E-state index contributed by atoms with van der Waals surface area (Å²) in [5.74, 6) is 0.0180. The van der Waals surface area contributed by atoms with Gasteiger partial charge in [-0.3, -0.25) is 9.69 Å². The molecule has 0 bridgehead atoms. The monoisotopic (exact) mass is 323 g/mol. The van der Waals surface area contributed by atoms with Crippen LogP contribution in [0.4, 0.5) is 5.69 Å². The van der Waals surface area contributed by atoms with Gasteiger partial charge < -0.3 is 11.1 Å². The smallest absolute Gasteiger partial charge is 0.252 e. The van der Waals surface area contributed by atoms with Gasteiger partial charge in [-0.05, 0) is 36.8 Å². The number of hydrogen-bond acceptors (Lipinski definition) is 3. The van der Waals surface area contributed by atoms with Crippen LogP contribution in [-0.4, -0.2) is 36.0 Å². The Balaban J connectivity index is 1.48. The second-order valence-corrected chi connectivity index (χ2v) is 7.14. The SMILES string of the molecule is Nc1ccc(C(=O)NC2CCN(C3CCCC3)C2)c2ccccc12. The fourth-order valence-electron chi connectivity index (χ4n) is 4.29. The van der Waals surface area contributed by atoms with Crippen molar-refractivity contribution in [3.05, 3.63) is 42.0 Å². The van der Waals surface area contributed by atoms with Gasteiger partial charge in [0.2, 0.25) is 0 Å². The topological polar surface area (TPSA) is 58.4 Å². The second-order valence-electron chi connectivity index (χ2n) is 7.14. The highest BCUT2D eigenvalue weighted by Crippen LogP contribution is 2.27. The molecule has 4 rings (SSSR count). The number of nitrogen functional groups attached to an aromatic ring is 1. The Morgan fingerprint density at radius 2 is 1.79 bits per heavy atom. The largest absolute Gasteiger partial charge is 0.398 e. The van der Waals surface area contributed by atoms with Crippen LogP contribution in [0.2, 0.25) is 0 Å². The summed E-state index contributed by atoms with van der Waals surface area (Å²) in [5, 5.41) is 5.12. The van der Waals surface area contributed by atoms with Crippen LogP contribution >= 0.6 is 0 Å². The van der Waals surface area contributed by atoms with Gasteiger partial charge in [0, 0.05) is 41.8 Å². The summed E-state index contributed by atoms with van der Waals surface area (Å²) in [7, 11) is 0. The molecule has 1 atom stereocenters. The molecule has 126 valence electrons. The highest BCUT2D eigenvalue weighted by molar-refractivity contribution is 6.10. The first-order valence-corrected chi connectivity index (χ1v) is 9.04. The molecule has 2 aromatic rings. The van der Waals surface area contributed by atoms with Gasteiger partial charge in [-0.2, -0.15) is 0 Å². The first-order chi connectivity index (χ1) is 11.7. The molecule has 4 nitrogen and oxygen atoms in total. The Bertz CT molecular complexity index is 752. The predicted octanol–water partition coefficient (Wildman–Crippen LogP) is 3.17. The second kappa shape index (κ2) is 6.44. The summed E-state index contributed by atoms with van der Waals surface area (Å²) in [6, 6.07) is 12.5. The van der Waals surface area contributed by atoms with Gasteiger partial charge in [0.25, 0.3) is 5.91 Å². The molecule has 1 aliphatic carbocycles. The van der Waals surface area contributed by atoms with Crippen LogP contribution in [0, 0.1) is 0 Å². The van der Waals surface area contributed by atoms with E-state index >= 15 is 0 Å². The first-order valence-electron chi connectivity index (χ1n) is 9.04. The first kappa shape index (κ1) is 15.5. The van der Waals surface area contributed by atoms with E-state index in [1.807, 2.05) is 36.4 Å². The van der Waals surface area contributed by atoms with E-state index in [4.69, 9.17) is 5.73 Å². The lowest BCUT2D eigenvalue weighted by molar-refractivity contribution is 0.0938. The number of anilines is 1. The summed E-state index contributed by atoms with van der Waals surface area (Å²) in [5.41, 5.74) is 7.48. The number of nitrogens with one attached hydrogen (secondary N) is 1. The molecule has 1 unspecified atom stereocenters. The molecule has 2 aliphatic rings. The van der Waals surface area contributed by atoms with Crippen molar-refractivity contribution in [3.63, 3.8) is 0 Å². The minimum atomic E-state index is 0.0180. The number of rotatable bonds is 3. The van der Waals surface area contributed by atoms with E-state index < -0.39 is 0 Å². The van der Waals surface area contributed by atoms with Crippen LogP contribution in [0.25, 0.3) is 10.8 Å². The number of hydrogen-bond donors (Lipinski definition) is 2. The number of amides is 1. The van der Waals surface area contributed by atoms with E-state index in [-0.39, 0.29) is 11.9 Å². The third-order valence-corrected chi connectivity index (χ3v) is 5.60. The lowest BCUT2D eigenvalue weighted by Crippen LogP contribution is -2.39. The zero-order valence-corrected chi connectivity index (χ0v) is 14.0. The lowest BCUT2D eigenvalue weighted by atomic mass is 10.0. The van der Waals surface area contributed by atoms with Crippen LogP contribution in [-0.2, 0) is 0 Å². The van der Waals surface area contributed by atoms with Gasteiger partial charge in [-0.25, -0.2) is 0 Å². The lowest BCUT2D eigenvalue weighted by Gasteiger charge is -2.23. The van der Waals surface area contributed by atoms with Crippen LogP contribution in [0.5, 0.6) is 0 Å². The summed E-state index contributed by atoms with van der Waals surface area (Å²) >= 11 is 0. The van der Waals surface area contributed by atoms with Crippen molar-refractivity contribution in [3.8, 4) is 0 Å². The van der Waals surface area contributed by atoms with Crippen LogP contribution in [0.15, 0.2) is 36.4 Å². The molecule has 4 heteroatoms. The average molecular weight is 323 g/mol. The van der Waals surface area contributed by atoms with Crippen molar-refractivity contribution >= 4 is 22.4 Å². The van der Waals surface area contributed by atoms with E-state index in [0.717, 1.165) is 47.6 Å². The van der Waals surface area contributed by atoms with Crippen LogP contribution in [0.3, 0.4) is 0 Å². The van der Waals surface area contributed by atoms with Crippen molar-refractivity contribution in [2.24, 2.45) is 0 Å². The molecule has 0 spiro atoms. The van der Waals surface area contributed by atoms with Gasteiger partial charge in [-0.15, -0.1) is 0 Å². The minimum Gasteiger partial charge on any atom is -0.398 e. The Kier molecular flexibility index (Phi) is 4.15. The standard InChI is InChI=1S/C20H25N3O/c21-19-10-9-18(16-7-3-4-8-17(16)19)20(24)22-14-11-12-23(13-14)15-5-1-2-6-15/h3-4,7-10,14-15H,1-2,5-6,11-13,21H2,(H,22,24). The normalized spacial score (nSPS) is 22.2. The van der Waals surface area contributed by atoms with E-state index in [2.05, 4.69) is 10.2 Å². The molecule has 3 N–H and O–H groups in total. The fourth-order valence-corrected chi connectivity index (χ4v) is 4.29. The molecule has 2 aromatic carbocycles. The molecule has 1 amide bonds. The average Bonchev–Trinajstić information content (AvgIpc) is 3.26.